The third-order valence-corrected chi connectivity index (χ3v) is 8.01. The maximum absolute atomic E-state index is 12.2. The van der Waals surface area contributed by atoms with Gasteiger partial charge in [0.15, 0.2) is 0 Å². The molecule has 4 atom stereocenters. The van der Waals surface area contributed by atoms with E-state index in [2.05, 4.69) is 12.1 Å². The Morgan fingerprint density at radius 2 is 1.18 bits per heavy atom. The van der Waals surface area contributed by atoms with Crippen LogP contribution in [0.25, 0.3) is 0 Å². The average molecular weight is 541 g/mol. The predicted molar refractivity (Wildman–Crippen MR) is 156 cm³/mol. The van der Waals surface area contributed by atoms with Crippen LogP contribution in [0, 0.1) is 6.92 Å². The van der Waals surface area contributed by atoms with Crippen LogP contribution < -0.4 is 23.7 Å². The summed E-state index contributed by atoms with van der Waals surface area (Å²) in [6, 6.07) is 26.1. The van der Waals surface area contributed by atoms with Crippen LogP contribution in [0.2, 0.25) is 0 Å². The van der Waals surface area contributed by atoms with Gasteiger partial charge in [0.1, 0.15) is 28.7 Å². The second-order valence-electron chi connectivity index (χ2n) is 10.1. The molecular weight excluding hydrogens is 504 g/mol. The highest BCUT2D eigenvalue weighted by atomic mass is 16.5. The lowest BCUT2D eigenvalue weighted by Crippen LogP contribution is -2.18. The molecule has 6 nitrogen and oxygen atoms in total. The van der Waals surface area contributed by atoms with Crippen LogP contribution in [0.5, 0.6) is 28.7 Å². The van der Waals surface area contributed by atoms with E-state index in [4.69, 9.17) is 23.7 Å². The maximum atomic E-state index is 12.2. The lowest BCUT2D eigenvalue weighted by Gasteiger charge is -2.31. The van der Waals surface area contributed by atoms with Gasteiger partial charge in [0.05, 0.1) is 41.7 Å². The van der Waals surface area contributed by atoms with Crippen molar-refractivity contribution in [1.29, 1.82) is 0 Å². The van der Waals surface area contributed by atoms with Gasteiger partial charge < -0.3 is 28.8 Å². The minimum atomic E-state index is -0.804. The maximum Gasteiger partial charge on any atom is 0.126 e. The predicted octanol–water partition coefficient (Wildman–Crippen LogP) is 6.78. The van der Waals surface area contributed by atoms with E-state index in [1.54, 1.807) is 35.5 Å². The van der Waals surface area contributed by atoms with Crippen LogP contribution in [0.3, 0.4) is 0 Å². The molecule has 6 heteroatoms. The SMILES string of the molecule is COc1ccc([C@@H]2c3c(OC)cc(OC)cc3C(C(O)c3ccc(C)cc3)[C@H]2c2cc(OC)cc(OC)c2)cc1. The first-order valence-corrected chi connectivity index (χ1v) is 13.3. The molecule has 2 unspecified atom stereocenters. The number of rotatable bonds is 9. The van der Waals surface area contributed by atoms with Gasteiger partial charge in [0, 0.05) is 35.4 Å². The molecular formula is C34H36O6. The zero-order chi connectivity index (χ0) is 28.4. The van der Waals surface area contributed by atoms with Gasteiger partial charge in [-0.2, -0.15) is 0 Å². The number of ether oxygens (including phenoxy) is 5. The van der Waals surface area contributed by atoms with Gasteiger partial charge in [-0.3, -0.25) is 0 Å². The summed E-state index contributed by atoms with van der Waals surface area (Å²) < 4.78 is 28.5. The molecule has 208 valence electrons. The van der Waals surface area contributed by atoms with Crippen LogP contribution in [-0.4, -0.2) is 40.7 Å². The second kappa shape index (κ2) is 11.5. The Hall–Kier alpha value is -4.16. The first-order chi connectivity index (χ1) is 19.4. The molecule has 1 aliphatic rings. The van der Waals surface area contributed by atoms with Crippen LogP contribution in [0.15, 0.2) is 78.9 Å². The molecule has 1 N–H and O–H groups in total. The molecule has 0 saturated heterocycles. The quantitative estimate of drug-likeness (QED) is 0.252. The molecule has 0 amide bonds. The zero-order valence-electron chi connectivity index (χ0n) is 23.8. The number of aliphatic hydroxyl groups is 1. The largest absolute Gasteiger partial charge is 0.497 e. The number of hydrogen-bond donors (Lipinski definition) is 1. The zero-order valence-corrected chi connectivity index (χ0v) is 23.8. The van der Waals surface area contributed by atoms with Gasteiger partial charge in [-0.15, -0.1) is 0 Å². The van der Waals surface area contributed by atoms with Crippen LogP contribution in [0.4, 0.5) is 0 Å². The van der Waals surface area contributed by atoms with Gasteiger partial charge in [-0.1, -0.05) is 42.0 Å². The minimum absolute atomic E-state index is 0.149. The summed E-state index contributed by atoms with van der Waals surface area (Å²) in [5, 5.41) is 12.2. The van der Waals surface area contributed by atoms with E-state index in [0.717, 1.165) is 39.1 Å². The molecule has 5 rings (SSSR count). The molecule has 0 saturated carbocycles. The summed E-state index contributed by atoms with van der Waals surface area (Å²) in [5.41, 5.74) is 6.06. The highest BCUT2D eigenvalue weighted by Gasteiger charge is 2.48. The smallest absolute Gasteiger partial charge is 0.126 e. The molecule has 0 bridgehead atoms. The van der Waals surface area contributed by atoms with Gasteiger partial charge in [-0.25, -0.2) is 0 Å². The molecule has 40 heavy (non-hydrogen) atoms. The summed E-state index contributed by atoms with van der Waals surface area (Å²) in [6.45, 7) is 2.04. The topological polar surface area (TPSA) is 66.4 Å². The summed E-state index contributed by atoms with van der Waals surface area (Å²) in [5.74, 6) is 2.88. The number of aryl methyl sites for hydroxylation is 1. The van der Waals surface area contributed by atoms with Crippen molar-refractivity contribution in [3.8, 4) is 28.7 Å². The molecule has 0 aliphatic heterocycles. The third kappa shape index (κ3) is 4.95. The number of fused-ring (bicyclic) bond motifs is 1. The number of methoxy groups -OCH3 is 5. The fraction of sp³-hybridized carbons (Fsp3) is 0.294. The van der Waals surface area contributed by atoms with E-state index in [9.17, 15) is 5.11 Å². The van der Waals surface area contributed by atoms with Crippen molar-refractivity contribution in [1.82, 2.24) is 0 Å². The van der Waals surface area contributed by atoms with Crippen LogP contribution in [0.1, 0.15) is 57.2 Å². The highest BCUT2D eigenvalue weighted by Crippen LogP contribution is 2.62. The van der Waals surface area contributed by atoms with Crippen molar-refractivity contribution in [3.05, 3.63) is 112 Å². The molecule has 0 radical (unpaired) electrons. The Morgan fingerprint density at radius 1 is 0.600 bits per heavy atom. The summed E-state index contributed by atoms with van der Waals surface area (Å²) in [7, 11) is 8.28. The Morgan fingerprint density at radius 3 is 1.73 bits per heavy atom. The van der Waals surface area contributed by atoms with Crippen LogP contribution >= 0.6 is 0 Å². The fourth-order valence-corrected chi connectivity index (χ4v) is 6.04. The molecule has 0 fully saturated rings. The first kappa shape index (κ1) is 27.4. The van der Waals surface area contributed by atoms with Crippen molar-refractivity contribution >= 4 is 0 Å². The lowest BCUT2D eigenvalue weighted by atomic mass is 9.74. The van der Waals surface area contributed by atoms with E-state index in [-0.39, 0.29) is 17.8 Å². The van der Waals surface area contributed by atoms with Crippen LogP contribution in [-0.2, 0) is 0 Å². The molecule has 4 aromatic rings. The Kier molecular flexibility index (Phi) is 7.90. The lowest BCUT2D eigenvalue weighted by molar-refractivity contribution is 0.134. The van der Waals surface area contributed by atoms with Crippen molar-refractivity contribution in [2.24, 2.45) is 0 Å². The van der Waals surface area contributed by atoms with Crippen molar-refractivity contribution in [2.45, 2.75) is 30.8 Å². The number of benzene rings is 4. The first-order valence-electron chi connectivity index (χ1n) is 13.3. The molecule has 4 aromatic carbocycles. The van der Waals surface area contributed by atoms with Gasteiger partial charge in [-0.05, 0) is 59.5 Å². The highest BCUT2D eigenvalue weighted by molar-refractivity contribution is 5.61. The standard InChI is InChI=1S/C34H36O6/c1-20-7-9-22(10-8-20)34(35)33-28-18-27(39-5)19-29(40-6)32(28)30(21-11-13-24(36-2)14-12-21)31(33)23-15-25(37-3)17-26(16-23)38-4/h7-19,30-31,33-35H,1-6H3/t30-,31-,33?,34?/m0/s1. The Labute approximate surface area is 236 Å². The monoisotopic (exact) mass is 540 g/mol. The van der Waals surface area contributed by atoms with E-state index < -0.39 is 6.10 Å². The molecule has 0 heterocycles. The Bertz CT molecular complexity index is 1440. The molecule has 0 spiro atoms. The minimum Gasteiger partial charge on any atom is -0.497 e. The number of hydrogen-bond acceptors (Lipinski definition) is 6. The Balaban J connectivity index is 1.81. The fourth-order valence-electron chi connectivity index (χ4n) is 6.04. The van der Waals surface area contributed by atoms with Crippen molar-refractivity contribution in [2.75, 3.05) is 35.5 Å². The normalized spacial score (nSPS) is 18.5. The van der Waals surface area contributed by atoms with Gasteiger partial charge in [0.25, 0.3) is 0 Å². The molecule has 1 aliphatic carbocycles. The van der Waals surface area contributed by atoms with E-state index >= 15 is 0 Å². The molecule has 0 aromatic heterocycles. The van der Waals surface area contributed by atoms with E-state index in [1.807, 2.05) is 73.7 Å². The summed E-state index contributed by atoms with van der Waals surface area (Å²) >= 11 is 0. The average Bonchev–Trinajstić information content (AvgIpc) is 3.35. The van der Waals surface area contributed by atoms with Gasteiger partial charge >= 0.3 is 0 Å². The van der Waals surface area contributed by atoms with E-state index in [0.29, 0.717) is 23.0 Å². The number of aliphatic hydroxyl groups excluding tert-OH is 1. The second-order valence-corrected chi connectivity index (χ2v) is 10.1. The summed E-state index contributed by atoms with van der Waals surface area (Å²) in [6.07, 6.45) is -0.804. The third-order valence-electron chi connectivity index (χ3n) is 8.01. The summed E-state index contributed by atoms with van der Waals surface area (Å²) in [4.78, 5) is 0. The van der Waals surface area contributed by atoms with Gasteiger partial charge in [0.2, 0.25) is 0 Å². The van der Waals surface area contributed by atoms with Crippen molar-refractivity contribution < 1.29 is 28.8 Å². The van der Waals surface area contributed by atoms with Crippen molar-refractivity contribution in [3.63, 3.8) is 0 Å². The van der Waals surface area contributed by atoms with E-state index in [1.165, 1.54) is 0 Å².